The van der Waals surface area contributed by atoms with Crippen LogP contribution in [0.5, 0.6) is 0 Å². The molecule has 1 fully saturated rings. The molecule has 1 atom stereocenters. The van der Waals surface area contributed by atoms with Crippen LogP contribution in [0.3, 0.4) is 0 Å². The van der Waals surface area contributed by atoms with Gasteiger partial charge in [0.2, 0.25) is 0 Å². The molecule has 0 aromatic carbocycles. The lowest BCUT2D eigenvalue weighted by atomic mass is 9.98. The van der Waals surface area contributed by atoms with Gasteiger partial charge in [0.1, 0.15) is 5.82 Å². The van der Waals surface area contributed by atoms with E-state index in [0.29, 0.717) is 6.04 Å². The third-order valence-corrected chi connectivity index (χ3v) is 3.60. The van der Waals surface area contributed by atoms with E-state index in [1.165, 1.54) is 19.4 Å². The number of hydrogen-bond acceptors (Lipinski definition) is 4. The van der Waals surface area contributed by atoms with Gasteiger partial charge in [0.15, 0.2) is 0 Å². The molecule has 4 nitrogen and oxygen atoms in total. The minimum atomic E-state index is 0.460. The molecule has 4 heteroatoms. The molecule has 100 valence electrons. The lowest BCUT2D eigenvalue weighted by Gasteiger charge is -2.34. The predicted octanol–water partition coefficient (Wildman–Crippen LogP) is 2.00. The van der Waals surface area contributed by atoms with Crippen molar-refractivity contribution in [3.05, 3.63) is 18.1 Å². The quantitative estimate of drug-likeness (QED) is 0.885. The molecule has 1 aromatic heterocycles. The number of nitrogens with one attached hydrogen (secondary N) is 1. The van der Waals surface area contributed by atoms with E-state index in [2.05, 4.69) is 34.0 Å². The SMILES string of the molecule is Cc1nccnc1N(CC1CCCNC1)C(C)C. The molecule has 0 aliphatic carbocycles. The fourth-order valence-corrected chi connectivity index (χ4v) is 2.58. The van der Waals surface area contributed by atoms with E-state index in [-0.39, 0.29) is 0 Å². The maximum atomic E-state index is 4.51. The number of anilines is 1. The molecular formula is C14H24N4. The van der Waals surface area contributed by atoms with Crippen LogP contribution in [0.15, 0.2) is 12.4 Å². The van der Waals surface area contributed by atoms with Crippen LogP contribution in [-0.4, -0.2) is 35.6 Å². The molecule has 2 heterocycles. The van der Waals surface area contributed by atoms with Crippen molar-refractivity contribution >= 4 is 5.82 Å². The van der Waals surface area contributed by atoms with Crippen molar-refractivity contribution < 1.29 is 0 Å². The summed E-state index contributed by atoms with van der Waals surface area (Å²) in [5, 5.41) is 3.48. The Morgan fingerprint density at radius 1 is 1.39 bits per heavy atom. The zero-order chi connectivity index (χ0) is 13.0. The van der Waals surface area contributed by atoms with E-state index in [9.17, 15) is 0 Å². The Morgan fingerprint density at radius 2 is 2.17 bits per heavy atom. The first kappa shape index (κ1) is 13.3. The summed E-state index contributed by atoms with van der Waals surface area (Å²) in [7, 11) is 0. The predicted molar refractivity (Wildman–Crippen MR) is 74.8 cm³/mol. The third kappa shape index (κ3) is 3.19. The highest BCUT2D eigenvalue weighted by atomic mass is 15.2. The smallest absolute Gasteiger partial charge is 0.150 e. The minimum absolute atomic E-state index is 0.460. The van der Waals surface area contributed by atoms with E-state index >= 15 is 0 Å². The van der Waals surface area contributed by atoms with E-state index in [1.54, 1.807) is 12.4 Å². The number of hydrogen-bond donors (Lipinski definition) is 1. The summed E-state index contributed by atoms with van der Waals surface area (Å²) in [6, 6.07) is 0.460. The molecule has 1 aromatic rings. The Morgan fingerprint density at radius 3 is 2.78 bits per heavy atom. The van der Waals surface area contributed by atoms with Crippen molar-refractivity contribution in [3.63, 3.8) is 0 Å². The molecular weight excluding hydrogens is 224 g/mol. The largest absolute Gasteiger partial charge is 0.352 e. The molecule has 1 N–H and O–H groups in total. The molecule has 0 saturated carbocycles. The molecule has 1 aliphatic heterocycles. The number of piperidine rings is 1. The molecule has 0 amide bonds. The first-order valence-corrected chi connectivity index (χ1v) is 6.93. The Kier molecular flexibility index (Phi) is 4.53. The summed E-state index contributed by atoms with van der Waals surface area (Å²) in [4.78, 5) is 11.3. The number of rotatable bonds is 4. The maximum Gasteiger partial charge on any atom is 0.150 e. The topological polar surface area (TPSA) is 41.1 Å². The van der Waals surface area contributed by atoms with Crippen LogP contribution in [0.1, 0.15) is 32.4 Å². The lowest BCUT2D eigenvalue weighted by molar-refractivity contribution is 0.370. The van der Waals surface area contributed by atoms with Gasteiger partial charge in [0.25, 0.3) is 0 Å². The molecule has 18 heavy (non-hydrogen) atoms. The molecule has 2 rings (SSSR count). The van der Waals surface area contributed by atoms with Gasteiger partial charge in [-0.05, 0) is 52.6 Å². The van der Waals surface area contributed by atoms with Crippen molar-refractivity contribution in [2.45, 2.75) is 39.7 Å². The number of aromatic nitrogens is 2. The van der Waals surface area contributed by atoms with Crippen LogP contribution in [0.4, 0.5) is 5.82 Å². The molecule has 1 aliphatic rings. The highest BCUT2D eigenvalue weighted by molar-refractivity contribution is 5.43. The van der Waals surface area contributed by atoms with Crippen LogP contribution in [-0.2, 0) is 0 Å². The van der Waals surface area contributed by atoms with Crippen LogP contribution in [0, 0.1) is 12.8 Å². The molecule has 0 spiro atoms. The summed E-state index contributed by atoms with van der Waals surface area (Å²) >= 11 is 0. The van der Waals surface area contributed by atoms with Crippen LogP contribution >= 0.6 is 0 Å². The van der Waals surface area contributed by atoms with Gasteiger partial charge in [-0.25, -0.2) is 4.98 Å². The van der Waals surface area contributed by atoms with Gasteiger partial charge < -0.3 is 10.2 Å². The van der Waals surface area contributed by atoms with E-state index in [0.717, 1.165) is 30.5 Å². The Labute approximate surface area is 110 Å². The molecule has 1 unspecified atom stereocenters. The minimum Gasteiger partial charge on any atom is -0.352 e. The average Bonchev–Trinajstić information content (AvgIpc) is 2.38. The van der Waals surface area contributed by atoms with E-state index in [4.69, 9.17) is 0 Å². The fraction of sp³-hybridized carbons (Fsp3) is 0.714. The zero-order valence-electron chi connectivity index (χ0n) is 11.7. The van der Waals surface area contributed by atoms with Gasteiger partial charge in [-0.15, -0.1) is 0 Å². The number of nitrogens with zero attached hydrogens (tertiary/aromatic N) is 3. The standard InChI is InChI=1S/C14H24N4/c1-11(2)18(10-13-5-4-6-15-9-13)14-12(3)16-7-8-17-14/h7-8,11,13,15H,4-6,9-10H2,1-3H3. The van der Waals surface area contributed by atoms with Gasteiger partial charge in [-0.1, -0.05) is 0 Å². The van der Waals surface area contributed by atoms with Crippen LogP contribution in [0.25, 0.3) is 0 Å². The summed E-state index contributed by atoms with van der Waals surface area (Å²) in [5.74, 6) is 1.76. The van der Waals surface area contributed by atoms with E-state index < -0.39 is 0 Å². The van der Waals surface area contributed by atoms with Gasteiger partial charge >= 0.3 is 0 Å². The second kappa shape index (κ2) is 6.14. The first-order chi connectivity index (χ1) is 8.68. The summed E-state index contributed by atoms with van der Waals surface area (Å²) in [5.41, 5.74) is 1.02. The molecule has 0 radical (unpaired) electrons. The van der Waals surface area contributed by atoms with Crippen molar-refractivity contribution in [3.8, 4) is 0 Å². The van der Waals surface area contributed by atoms with Crippen molar-refractivity contribution in [1.29, 1.82) is 0 Å². The number of aryl methyl sites for hydroxylation is 1. The first-order valence-electron chi connectivity index (χ1n) is 6.93. The second-order valence-electron chi connectivity index (χ2n) is 5.42. The lowest BCUT2D eigenvalue weighted by Crippen LogP contribution is -2.42. The van der Waals surface area contributed by atoms with Crippen LogP contribution < -0.4 is 10.2 Å². The Hall–Kier alpha value is -1.16. The van der Waals surface area contributed by atoms with Crippen molar-refractivity contribution in [2.75, 3.05) is 24.5 Å². The van der Waals surface area contributed by atoms with Gasteiger partial charge in [-0.3, -0.25) is 4.98 Å². The highest BCUT2D eigenvalue weighted by Gasteiger charge is 2.21. The van der Waals surface area contributed by atoms with Gasteiger partial charge in [0, 0.05) is 25.0 Å². The van der Waals surface area contributed by atoms with E-state index in [1.807, 2.05) is 6.92 Å². The van der Waals surface area contributed by atoms with Crippen molar-refractivity contribution in [1.82, 2.24) is 15.3 Å². The normalized spacial score (nSPS) is 20.1. The highest BCUT2D eigenvalue weighted by Crippen LogP contribution is 2.21. The fourth-order valence-electron chi connectivity index (χ4n) is 2.58. The Balaban J connectivity index is 2.10. The molecule has 0 bridgehead atoms. The third-order valence-electron chi connectivity index (χ3n) is 3.60. The summed E-state index contributed by atoms with van der Waals surface area (Å²) in [6.45, 7) is 9.86. The average molecular weight is 248 g/mol. The van der Waals surface area contributed by atoms with Crippen LogP contribution in [0.2, 0.25) is 0 Å². The van der Waals surface area contributed by atoms with Gasteiger partial charge in [0.05, 0.1) is 5.69 Å². The maximum absolute atomic E-state index is 4.51. The Bertz CT molecular complexity index is 372. The van der Waals surface area contributed by atoms with Gasteiger partial charge in [-0.2, -0.15) is 0 Å². The second-order valence-corrected chi connectivity index (χ2v) is 5.42. The summed E-state index contributed by atoms with van der Waals surface area (Å²) < 4.78 is 0. The zero-order valence-corrected chi connectivity index (χ0v) is 11.7. The molecule has 1 saturated heterocycles. The summed E-state index contributed by atoms with van der Waals surface area (Å²) in [6.07, 6.45) is 6.15. The monoisotopic (exact) mass is 248 g/mol. The van der Waals surface area contributed by atoms with Crippen molar-refractivity contribution in [2.24, 2.45) is 5.92 Å².